The normalized spacial score (nSPS) is 15.9. The number of carbonyl (C=O) groups is 1. The Kier molecular flexibility index (Phi) is 4.77. The average molecular weight is 383 g/mol. The molecule has 0 spiro atoms. The molecule has 27 heavy (non-hydrogen) atoms. The molecule has 3 heterocycles. The first-order chi connectivity index (χ1) is 13.2. The van der Waals surface area contributed by atoms with Crippen LogP contribution in [-0.2, 0) is 6.54 Å². The molecule has 2 aromatic heterocycles. The summed E-state index contributed by atoms with van der Waals surface area (Å²) >= 11 is 1.51. The number of rotatable bonds is 4. The van der Waals surface area contributed by atoms with Crippen LogP contribution in [0.1, 0.15) is 17.3 Å². The van der Waals surface area contributed by atoms with Crippen molar-refractivity contribution in [2.75, 3.05) is 26.1 Å². The van der Waals surface area contributed by atoms with Crippen LogP contribution in [0.3, 0.4) is 0 Å². The van der Waals surface area contributed by atoms with Gasteiger partial charge in [-0.25, -0.2) is 4.79 Å². The maximum absolute atomic E-state index is 13.0. The van der Waals surface area contributed by atoms with Crippen molar-refractivity contribution in [3.8, 4) is 11.5 Å². The van der Waals surface area contributed by atoms with Crippen molar-refractivity contribution in [2.24, 2.45) is 0 Å². The highest BCUT2D eigenvalue weighted by Gasteiger charge is 2.33. The predicted molar refractivity (Wildman–Crippen MR) is 106 cm³/mol. The summed E-state index contributed by atoms with van der Waals surface area (Å²) < 4.78 is 13.0. The van der Waals surface area contributed by atoms with Gasteiger partial charge in [-0.05, 0) is 47.3 Å². The molecule has 0 fully saturated rings. The summed E-state index contributed by atoms with van der Waals surface area (Å²) in [7, 11) is 3.23. The number of methoxy groups -OCH3 is 2. The standard InChI is InChI=1S/C20H21N3O3S/c1-25-16-8-7-14(13-17(16)26-2)19-15-5-3-9-22(15)10-11-23(19)20(24)21-18-6-4-12-27-18/h3-9,12-13,19H,10-11H2,1-2H3,(H,21,24). The zero-order valence-corrected chi connectivity index (χ0v) is 16.0. The van der Waals surface area contributed by atoms with E-state index in [1.807, 2.05) is 46.7 Å². The van der Waals surface area contributed by atoms with Crippen molar-refractivity contribution in [1.29, 1.82) is 0 Å². The largest absolute Gasteiger partial charge is 0.493 e. The van der Waals surface area contributed by atoms with Crippen LogP contribution >= 0.6 is 11.3 Å². The first kappa shape index (κ1) is 17.5. The minimum absolute atomic E-state index is 0.107. The molecule has 2 amide bonds. The van der Waals surface area contributed by atoms with E-state index in [1.165, 1.54) is 11.3 Å². The number of nitrogens with one attached hydrogen (secondary N) is 1. The lowest BCUT2D eigenvalue weighted by atomic mass is 9.99. The number of nitrogens with zero attached hydrogens (tertiary/aromatic N) is 2. The van der Waals surface area contributed by atoms with E-state index in [-0.39, 0.29) is 12.1 Å². The lowest BCUT2D eigenvalue weighted by Crippen LogP contribution is -2.44. The Morgan fingerprint density at radius 1 is 1.11 bits per heavy atom. The molecule has 140 valence electrons. The second kappa shape index (κ2) is 7.36. The van der Waals surface area contributed by atoms with E-state index in [0.29, 0.717) is 18.0 Å². The first-order valence-corrected chi connectivity index (χ1v) is 9.57. The summed E-state index contributed by atoms with van der Waals surface area (Å²) in [4.78, 5) is 14.9. The van der Waals surface area contributed by atoms with E-state index in [1.54, 1.807) is 14.2 Å². The Balaban J connectivity index is 1.72. The molecule has 0 saturated heterocycles. The Bertz CT molecular complexity index is 936. The van der Waals surface area contributed by atoms with Crippen LogP contribution in [0.25, 0.3) is 0 Å². The summed E-state index contributed by atoms with van der Waals surface area (Å²) in [5.74, 6) is 1.32. The highest BCUT2D eigenvalue weighted by atomic mass is 32.1. The van der Waals surface area contributed by atoms with Gasteiger partial charge < -0.3 is 18.9 Å². The minimum Gasteiger partial charge on any atom is -0.493 e. The average Bonchev–Trinajstić information content (AvgIpc) is 3.38. The van der Waals surface area contributed by atoms with Crippen LogP contribution in [0.4, 0.5) is 9.80 Å². The Labute approximate surface area is 161 Å². The van der Waals surface area contributed by atoms with Crippen molar-refractivity contribution >= 4 is 22.4 Å². The van der Waals surface area contributed by atoms with Gasteiger partial charge in [0, 0.05) is 25.0 Å². The zero-order chi connectivity index (χ0) is 18.8. The van der Waals surface area contributed by atoms with E-state index in [4.69, 9.17) is 9.47 Å². The Morgan fingerprint density at radius 3 is 2.70 bits per heavy atom. The van der Waals surface area contributed by atoms with Crippen LogP contribution in [0.2, 0.25) is 0 Å². The third-order valence-corrected chi connectivity index (χ3v) is 5.56. The van der Waals surface area contributed by atoms with E-state index in [2.05, 4.69) is 22.1 Å². The van der Waals surface area contributed by atoms with Gasteiger partial charge in [0.1, 0.15) is 0 Å². The molecule has 0 saturated carbocycles. The fourth-order valence-corrected chi connectivity index (χ4v) is 4.11. The predicted octanol–water partition coefficient (Wildman–Crippen LogP) is 4.20. The molecule has 7 heteroatoms. The number of benzene rings is 1. The smallest absolute Gasteiger partial charge is 0.323 e. The third kappa shape index (κ3) is 3.26. The van der Waals surface area contributed by atoms with Crippen molar-refractivity contribution in [3.05, 3.63) is 65.3 Å². The number of amides is 2. The van der Waals surface area contributed by atoms with Crippen LogP contribution < -0.4 is 14.8 Å². The highest BCUT2D eigenvalue weighted by Crippen LogP contribution is 2.37. The number of anilines is 1. The van der Waals surface area contributed by atoms with Crippen molar-refractivity contribution in [1.82, 2.24) is 9.47 Å². The monoisotopic (exact) mass is 383 g/mol. The Hall–Kier alpha value is -2.93. The van der Waals surface area contributed by atoms with Gasteiger partial charge in [0.25, 0.3) is 0 Å². The summed E-state index contributed by atoms with van der Waals surface area (Å²) in [5.41, 5.74) is 2.06. The molecular formula is C20H21N3O3S. The number of aromatic nitrogens is 1. The molecule has 1 atom stereocenters. The summed E-state index contributed by atoms with van der Waals surface area (Å²) in [6.45, 7) is 1.39. The minimum atomic E-state index is -0.200. The topological polar surface area (TPSA) is 55.7 Å². The number of thiophene rings is 1. The molecular weight excluding hydrogens is 362 g/mol. The molecule has 0 bridgehead atoms. The number of ether oxygens (including phenoxy) is 2. The fraction of sp³-hybridized carbons (Fsp3) is 0.250. The van der Waals surface area contributed by atoms with E-state index in [0.717, 1.165) is 22.8 Å². The molecule has 1 aromatic carbocycles. The van der Waals surface area contributed by atoms with Gasteiger partial charge in [-0.1, -0.05) is 6.07 Å². The number of hydrogen-bond acceptors (Lipinski definition) is 4. The van der Waals surface area contributed by atoms with Crippen LogP contribution in [0.5, 0.6) is 11.5 Å². The summed E-state index contributed by atoms with van der Waals surface area (Å²) in [5, 5.41) is 5.79. The fourth-order valence-electron chi connectivity index (χ4n) is 3.50. The molecule has 1 unspecified atom stereocenters. The van der Waals surface area contributed by atoms with E-state index in [9.17, 15) is 4.79 Å². The summed E-state index contributed by atoms with van der Waals surface area (Å²) in [6.07, 6.45) is 2.05. The maximum atomic E-state index is 13.0. The van der Waals surface area contributed by atoms with Gasteiger partial charge >= 0.3 is 6.03 Å². The van der Waals surface area contributed by atoms with Crippen LogP contribution in [0, 0.1) is 0 Å². The molecule has 0 radical (unpaired) electrons. The molecule has 1 N–H and O–H groups in total. The Morgan fingerprint density at radius 2 is 1.96 bits per heavy atom. The molecule has 6 nitrogen and oxygen atoms in total. The molecule has 1 aliphatic heterocycles. The van der Waals surface area contributed by atoms with Gasteiger partial charge in [0.15, 0.2) is 11.5 Å². The molecule has 3 aromatic rings. The number of carbonyl (C=O) groups excluding carboxylic acids is 1. The van der Waals surface area contributed by atoms with Crippen LogP contribution in [-0.4, -0.2) is 36.3 Å². The zero-order valence-electron chi connectivity index (χ0n) is 15.2. The van der Waals surface area contributed by atoms with Crippen molar-refractivity contribution in [3.63, 3.8) is 0 Å². The quantitative estimate of drug-likeness (QED) is 0.734. The van der Waals surface area contributed by atoms with Crippen molar-refractivity contribution < 1.29 is 14.3 Å². The van der Waals surface area contributed by atoms with Gasteiger partial charge in [-0.3, -0.25) is 5.32 Å². The number of urea groups is 1. The second-order valence-corrected chi connectivity index (χ2v) is 7.19. The third-order valence-electron chi connectivity index (χ3n) is 4.77. The van der Waals surface area contributed by atoms with Gasteiger partial charge in [-0.2, -0.15) is 0 Å². The lowest BCUT2D eigenvalue weighted by molar-refractivity contribution is 0.181. The van der Waals surface area contributed by atoms with E-state index >= 15 is 0 Å². The lowest BCUT2D eigenvalue weighted by Gasteiger charge is -2.37. The second-order valence-electron chi connectivity index (χ2n) is 6.24. The van der Waals surface area contributed by atoms with Crippen LogP contribution in [0.15, 0.2) is 54.0 Å². The molecule has 1 aliphatic rings. The number of fused-ring (bicyclic) bond motifs is 1. The van der Waals surface area contributed by atoms with Gasteiger partial charge in [-0.15, -0.1) is 11.3 Å². The highest BCUT2D eigenvalue weighted by molar-refractivity contribution is 7.14. The molecule has 0 aliphatic carbocycles. The first-order valence-electron chi connectivity index (χ1n) is 8.69. The number of hydrogen-bond donors (Lipinski definition) is 1. The van der Waals surface area contributed by atoms with Gasteiger partial charge in [0.05, 0.1) is 25.3 Å². The molecule has 4 rings (SSSR count). The SMILES string of the molecule is COc1ccc(C2c3cccn3CCN2C(=O)Nc2cccs2)cc1OC. The summed E-state index contributed by atoms with van der Waals surface area (Å²) in [6, 6.07) is 13.4. The van der Waals surface area contributed by atoms with E-state index < -0.39 is 0 Å². The van der Waals surface area contributed by atoms with Crippen molar-refractivity contribution in [2.45, 2.75) is 12.6 Å². The van der Waals surface area contributed by atoms with Gasteiger partial charge in [0.2, 0.25) is 0 Å². The maximum Gasteiger partial charge on any atom is 0.323 e.